The Balaban J connectivity index is 2.31. The third-order valence-corrected chi connectivity index (χ3v) is 3.22. The van der Waals surface area contributed by atoms with Crippen molar-refractivity contribution < 1.29 is 14.7 Å². The number of amides is 2. The standard InChI is InChI=1S/C15H18N2O3/c1-3-8-17(15(19)20)12-6-4-11-5-7-14(13(11)9-12)16-10(2)18/h4-7,9,14H,3,8H2,1-2H3,(H,16,18)(H,19,20). The SMILES string of the molecule is CCCN(C(=O)O)c1ccc2c(c1)C(NC(C)=O)C=C2. The van der Waals surface area contributed by atoms with Crippen molar-refractivity contribution in [3.63, 3.8) is 0 Å². The molecule has 20 heavy (non-hydrogen) atoms. The molecular formula is C15H18N2O3. The second-order valence-electron chi connectivity index (χ2n) is 4.78. The van der Waals surface area contributed by atoms with Crippen molar-refractivity contribution >= 4 is 23.8 Å². The Bertz CT molecular complexity index is 566. The van der Waals surface area contributed by atoms with Crippen molar-refractivity contribution in [3.8, 4) is 0 Å². The molecule has 1 atom stereocenters. The van der Waals surface area contributed by atoms with E-state index in [0.29, 0.717) is 12.2 Å². The zero-order valence-electron chi connectivity index (χ0n) is 11.6. The van der Waals surface area contributed by atoms with Gasteiger partial charge >= 0.3 is 6.09 Å². The highest BCUT2D eigenvalue weighted by atomic mass is 16.4. The molecule has 2 amide bonds. The molecule has 2 N–H and O–H groups in total. The highest BCUT2D eigenvalue weighted by Gasteiger charge is 2.21. The smallest absolute Gasteiger partial charge is 0.411 e. The van der Waals surface area contributed by atoms with E-state index in [1.54, 1.807) is 6.07 Å². The van der Waals surface area contributed by atoms with Gasteiger partial charge in [0.15, 0.2) is 0 Å². The van der Waals surface area contributed by atoms with Crippen LogP contribution in [-0.4, -0.2) is 23.7 Å². The topological polar surface area (TPSA) is 69.6 Å². The molecule has 106 valence electrons. The number of benzene rings is 1. The quantitative estimate of drug-likeness (QED) is 0.887. The number of nitrogens with zero attached hydrogens (tertiary/aromatic N) is 1. The molecule has 1 aromatic rings. The lowest BCUT2D eigenvalue weighted by Gasteiger charge is -2.20. The Morgan fingerprint density at radius 3 is 2.75 bits per heavy atom. The van der Waals surface area contributed by atoms with E-state index in [1.807, 2.05) is 31.2 Å². The highest BCUT2D eigenvalue weighted by molar-refractivity contribution is 5.87. The van der Waals surface area contributed by atoms with Crippen LogP contribution < -0.4 is 10.2 Å². The van der Waals surface area contributed by atoms with Gasteiger partial charge in [0, 0.05) is 19.2 Å². The van der Waals surface area contributed by atoms with Gasteiger partial charge in [-0.3, -0.25) is 9.69 Å². The van der Waals surface area contributed by atoms with Crippen LogP contribution in [0.25, 0.3) is 6.08 Å². The maximum atomic E-state index is 11.3. The van der Waals surface area contributed by atoms with Gasteiger partial charge in [-0.25, -0.2) is 4.79 Å². The number of hydrogen-bond acceptors (Lipinski definition) is 2. The summed E-state index contributed by atoms with van der Waals surface area (Å²) in [4.78, 5) is 23.8. The second-order valence-corrected chi connectivity index (χ2v) is 4.78. The lowest BCUT2D eigenvalue weighted by atomic mass is 10.1. The van der Waals surface area contributed by atoms with Crippen LogP contribution in [0.3, 0.4) is 0 Å². The predicted molar refractivity (Wildman–Crippen MR) is 77.7 cm³/mol. The molecule has 1 aliphatic rings. The molecule has 1 aromatic carbocycles. The summed E-state index contributed by atoms with van der Waals surface area (Å²) >= 11 is 0. The van der Waals surface area contributed by atoms with Crippen LogP contribution in [0.4, 0.5) is 10.5 Å². The van der Waals surface area contributed by atoms with Crippen molar-refractivity contribution in [2.24, 2.45) is 0 Å². The van der Waals surface area contributed by atoms with E-state index in [-0.39, 0.29) is 11.9 Å². The summed E-state index contributed by atoms with van der Waals surface area (Å²) in [6, 6.07) is 5.33. The van der Waals surface area contributed by atoms with E-state index in [1.165, 1.54) is 11.8 Å². The monoisotopic (exact) mass is 274 g/mol. The van der Waals surface area contributed by atoms with Gasteiger partial charge in [0.25, 0.3) is 0 Å². The molecule has 0 bridgehead atoms. The minimum Gasteiger partial charge on any atom is -0.465 e. The fourth-order valence-electron chi connectivity index (χ4n) is 2.36. The molecule has 0 aromatic heterocycles. The van der Waals surface area contributed by atoms with E-state index in [9.17, 15) is 14.7 Å². The Kier molecular flexibility index (Phi) is 4.08. The summed E-state index contributed by atoms with van der Waals surface area (Å²) in [5.41, 5.74) is 2.58. The summed E-state index contributed by atoms with van der Waals surface area (Å²) in [5, 5.41) is 12.1. The number of rotatable bonds is 4. The zero-order chi connectivity index (χ0) is 14.7. The maximum absolute atomic E-state index is 11.3. The minimum atomic E-state index is -0.964. The van der Waals surface area contributed by atoms with E-state index in [4.69, 9.17) is 0 Å². The molecule has 0 heterocycles. The van der Waals surface area contributed by atoms with Crippen LogP contribution in [0.1, 0.15) is 37.4 Å². The summed E-state index contributed by atoms with van der Waals surface area (Å²) in [6.45, 7) is 3.85. The van der Waals surface area contributed by atoms with Crippen molar-refractivity contribution in [2.45, 2.75) is 26.3 Å². The number of nitrogens with one attached hydrogen (secondary N) is 1. The molecule has 0 saturated heterocycles. The van der Waals surface area contributed by atoms with Crippen LogP contribution in [0, 0.1) is 0 Å². The van der Waals surface area contributed by atoms with Crippen LogP contribution >= 0.6 is 0 Å². The molecule has 0 saturated carbocycles. The second kappa shape index (κ2) is 5.77. The van der Waals surface area contributed by atoms with Gasteiger partial charge in [-0.05, 0) is 29.7 Å². The van der Waals surface area contributed by atoms with Crippen molar-refractivity contribution in [1.29, 1.82) is 0 Å². The van der Waals surface area contributed by atoms with E-state index >= 15 is 0 Å². The molecule has 0 fully saturated rings. The van der Waals surface area contributed by atoms with E-state index in [0.717, 1.165) is 17.5 Å². The predicted octanol–water partition coefficient (Wildman–Crippen LogP) is 2.79. The first kappa shape index (κ1) is 14.1. The summed E-state index contributed by atoms with van der Waals surface area (Å²) < 4.78 is 0. The molecule has 5 nitrogen and oxygen atoms in total. The first-order valence-corrected chi connectivity index (χ1v) is 6.62. The average Bonchev–Trinajstić information content (AvgIpc) is 2.77. The van der Waals surface area contributed by atoms with Gasteiger partial charge in [0.05, 0.1) is 6.04 Å². The number of anilines is 1. The van der Waals surface area contributed by atoms with Gasteiger partial charge in [-0.1, -0.05) is 25.1 Å². The van der Waals surface area contributed by atoms with Gasteiger partial charge in [-0.2, -0.15) is 0 Å². The Hall–Kier alpha value is -2.30. The first-order valence-electron chi connectivity index (χ1n) is 6.62. The Labute approximate surface area is 117 Å². The number of fused-ring (bicyclic) bond motifs is 1. The van der Waals surface area contributed by atoms with Crippen LogP contribution in [0.5, 0.6) is 0 Å². The molecule has 5 heteroatoms. The first-order chi connectivity index (χ1) is 9.52. The van der Waals surface area contributed by atoms with Gasteiger partial charge in [0.2, 0.25) is 5.91 Å². The molecule has 1 aliphatic carbocycles. The molecule has 2 rings (SSSR count). The molecule has 1 unspecified atom stereocenters. The molecule has 0 aliphatic heterocycles. The number of carboxylic acid groups (broad SMARTS) is 1. The van der Waals surface area contributed by atoms with Gasteiger partial charge < -0.3 is 10.4 Å². The number of carbonyl (C=O) groups excluding carboxylic acids is 1. The highest BCUT2D eigenvalue weighted by Crippen LogP contribution is 2.31. The van der Waals surface area contributed by atoms with Crippen molar-refractivity contribution in [1.82, 2.24) is 5.32 Å². The van der Waals surface area contributed by atoms with Crippen LogP contribution in [0.2, 0.25) is 0 Å². The zero-order valence-corrected chi connectivity index (χ0v) is 11.6. The molecular weight excluding hydrogens is 256 g/mol. The van der Waals surface area contributed by atoms with E-state index in [2.05, 4.69) is 5.32 Å². The fraction of sp³-hybridized carbons (Fsp3) is 0.333. The van der Waals surface area contributed by atoms with Crippen LogP contribution in [-0.2, 0) is 4.79 Å². The van der Waals surface area contributed by atoms with Gasteiger partial charge in [0.1, 0.15) is 0 Å². The summed E-state index contributed by atoms with van der Waals surface area (Å²) in [7, 11) is 0. The third kappa shape index (κ3) is 2.82. The third-order valence-electron chi connectivity index (χ3n) is 3.22. The Morgan fingerprint density at radius 1 is 1.40 bits per heavy atom. The lowest BCUT2D eigenvalue weighted by Crippen LogP contribution is -2.30. The number of carbonyl (C=O) groups is 2. The number of hydrogen-bond donors (Lipinski definition) is 2. The van der Waals surface area contributed by atoms with Gasteiger partial charge in [-0.15, -0.1) is 0 Å². The Morgan fingerprint density at radius 2 is 2.15 bits per heavy atom. The van der Waals surface area contributed by atoms with E-state index < -0.39 is 6.09 Å². The molecule has 0 spiro atoms. The average molecular weight is 274 g/mol. The lowest BCUT2D eigenvalue weighted by molar-refractivity contribution is -0.119. The molecule has 0 radical (unpaired) electrons. The minimum absolute atomic E-state index is 0.110. The largest absolute Gasteiger partial charge is 0.465 e. The van der Waals surface area contributed by atoms with Crippen LogP contribution in [0.15, 0.2) is 24.3 Å². The summed E-state index contributed by atoms with van der Waals surface area (Å²) in [5.74, 6) is -0.110. The van der Waals surface area contributed by atoms with Crippen molar-refractivity contribution in [2.75, 3.05) is 11.4 Å². The normalized spacial score (nSPS) is 15.8. The maximum Gasteiger partial charge on any atom is 0.411 e. The summed E-state index contributed by atoms with van der Waals surface area (Å²) in [6.07, 6.45) is 3.62. The fourth-order valence-corrected chi connectivity index (χ4v) is 2.36. The van der Waals surface area contributed by atoms with Crippen molar-refractivity contribution in [3.05, 3.63) is 35.4 Å².